The van der Waals surface area contributed by atoms with Gasteiger partial charge in [-0.1, -0.05) is 0 Å². The largest absolute Gasteiger partial charge is 0.330 e. The SMILES string of the molecule is CCOP(=O)(CCC[N+](C)(C)CC)OCC. The summed E-state index contributed by atoms with van der Waals surface area (Å²) in [6, 6.07) is 0. The first kappa shape index (κ1) is 16.1. The van der Waals surface area contributed by atoms with E-state index in [1.54, 1.807) is 0 Å². The maximum atomic E-state index is 12.1. The van der Waals surface area contributed by atoms with Crippen molar-refractivity contribution < 1.29 is 18.1 Å². The zero-order valence-corrected chi connectivity index (χ0v) is 12.3. The van der Waals surface area contributed by atoms with Crippen LogP contribution in [0.3, 0.4) is 0 Å². The molecule has 0 saturated carbocycles. The summed E-state index contributed by atoms with van der Waals surface area (Å²) in [7, 11) is 1.52. The Morgan fingerprint density at radius 2 is 1.56 bits per heavy atom. The number of rotatable bonds is 9. The lowest BCUT2D eigenvalue weighted by Gasteiger charge is -2.28. The van der Waals surface area contributed by atoms with E-state index < -0.39 is 7.60 Å². The smallest absolute Gasteiger partial charge is 0.329 e. The molecule has 0 atom stereocenters. The number of quaternary nitrogens is 1. The molecule has 0 amide bonds. The lowest BCUT2D eigenvalue weighted by Crippen LogP contribution is -2.40. The summed E-state index contributed by atoms with van der Waals surface area (Å²) in [6.07, 6.45) is 1.40. The van der Waals surface area contributed by atoms with E-state index in [9.17, 15) is 4.57 Å². The van der Waals surface area contributed by atoms with E-state index in [-0.39, 0.29) is 0 Å². The van der Waals surface area contributed by atoms with Gasteiger partial charge in [0.15, 0.2) is 0 Å². The first-order valence-corrected chi connectivity index (χ1v) is 7.82. The van der Waals surface area contributed by atoms with E-state index >= 15 is 0 Å². The normalized spacial score (nSPS) is 13.1. The molecule has 0 aliphatic heterocycles. The Morgan fingerprint density at radius 3 is 1.94 bits per heavy atom. The molecule has 0 radical (unpaired) electrons. The van der Waals surface area contributed by atoms with E-state index in [4.69, 9.17) is 9.05 Å². The predicted molar refractivity (Wildman–Crippen MR) is 67.9 cm³/mol. The predicted octanol–water partition coefficient (Wildman–Crippen LogP) is 2.74. The van der Waals surface area contributed by atoms with Gasteiger partial charge in [-0.3, -0.25) is 4.57 Å². The summed E-state index contributed by atoms with van der Waals surface area (Å²) < 4.78 is 23.6. The topological polar surface area (TPSA) is 35.5 Å². The molecule has 0 rings (SSSR count). The van der Waals surface area contributed by atoms with Crippen molar-refractivity contribution in [3.63, 3.8) is 0 Å². The Labute approximate surface area is 100 Å². The lowest BCUT2D eigenvalue weighted by atomic mass is 10.4. The van der Waals surface area contributed by atoms with Crippen LogP contribution in [-0.2, 0) is 13.6 Å². The molecule has 0 aromatic rings. The highest BCUT2D eigenvalue weighted by molar-refractivity contribution is 7.53. The molecule has 0 N–H and O–H groups in total. The Bertz CT molecular complexity index is 221. The Morgan fingerprint density at radius 1 is 1.06 bits per heavy atom. The first-order chi connectivity index (χ1) is 7.39. The van der Waals surface area contributed by atoms with Crippen LogP contribution in [0.2, 0.25) is 0 Å². The number of hydrogen-bond acceptors (Lipinski definition) is 3. The molecule has 0 aliphatic rings. The van der Waals surface area contributed by atoms with Crippen molar-refractivity contribution in [3.8, 4) is 0 Å². The van der Waals surface area contributed by atoms with Crippen molar-refractivity contribution in [3.05, 3.63) is 0 Å². The van der Waals surface area contributed by atoms with Gasteiger partial charge in [-0.25, -0.2) is 0 Å². The fourth-order valence-electron chi connectivity index (χ4n) is 1.41. The summed E-state index contributed by atoms with van der Waals surface area (Å²) in [5.41, 5.74) is 0. The zero-order chi connectivity index (χ0) is 12.7. The zero-order valence-electron chi connectivity index (χ0n) is 11.4. The third-order valence-electron chi connectivity index (χ3n) is 2.70. The molecule has 0 fully saturated rings. The molecule has 16 heavy (non-hydrogen) atoms. The van der Waals surface area contributed by atoms with E-state index in [2.05, 4.69) is 21.0 Å². The lowest BCUT2D eigenvalue weighted by molar-refractivity contribution is -0.888. The summed E-state index contributed by atoms with van der Waals surface area (Å²) >= 11 is 0. The molecule has 5 heteroatoms. The second-order valence-electron chi connectivity index (χ2n) is 4.50. The van der Waals surface area contributed by atoms with Gasteiger partial charge in [-0.2, -0.15) is 0 Å². The van der Waals surface area contributed by atoms with Crippen LogP contribution in [0.1, 0.15) is 27.2 Å². The second-order valence-corrected chi connectivity index (χ2v) is 6.68. The minimum atomic E-state index is -2.83. The van der Waals surface area contributed by atoms with Gasteiger partial charge in [0.25, 0.3) is 0 Å². The number of hydrogen-bond donors (Lipinski definition) is 0. The second kappa shape index (κ2) is 7.44. The highest BCUT2D eigenvalue weighted by atomic mass is 31.2. The molecule has 0 saturated heterocycles. The fraction of sp³-hybridized carbons (Fsp3) is 1.00. The van der Waals surface area contributed by atoms with E-state index in [0.29, 0.717) is 19.4 Å². The van der Waals surface area contributed by atoms with Crippen molar-refractivity contribution in [2.45, 2.75) is 27.2 Å². The standard InChI is InChI=1S/C11H27NO3P/c1-6-12(4,5)10-9-11-16(13,14-7-2)15-8-3/h6-11H2,1-5H3/q+1. The minimum absolute atomic E-state index is 0.448. The fourth-order valence-corrected chi connectivity index (χ4v) is 3.06. The molecule has 0 aromatic heterocycles. The molecule has 0 unspecified atom stereocenters. The average Bonchev–Trinajstić information content (AvgIpc) is 2.18. The quantitative estimate of drug-likeness (QED) is 0.467. The molecule has 0 bridgehead atoms. The van der Waals surface area contributed by atoms with Crippen LogP contribution in [0, 0.1) is 0 Å². The minimum Gasteiger partial charge on any atom is -0.329 e. The van der Waals surface area contributed by atoms with Crippen molar-refractivity contribution >= 4 is 7.60 Å². The van der Waals surface area contributed by atoms with E-state index in [1.807, 2.05) is 13.8 Å². The van der Waals surface area contributed by atoms with Crippen LogP contribution >= 0.6 is 7.60 Å². The van der Waals surface area contributed by atoms with Crippen LogP contribution in [0.25, 0.3) is 0 Å². The summed E-state index contributed by atoms with van der Waals surface area (Å²) in [4.78, 5) is 0. The maximum Gasteiger partial charge on any atom is 0.330 e. The Kier molecular flexibility index (Phi) is 7.49. The van der Waals surface area contributed by atoms with Gasteiger partial charge in [-0.05, 0) is 20.8 Å². The van der Waals surface area contributed by atoms with Crippen LogP contribution in [-0.4, -0.2) is 51.0 Å². The molecule has 0 aromatic carbocycles. The van der Waals surface area contributed by atoms with Gasteiger partial charge in [0.1, 0.15) is 0 Å². The summed E-state index contributed by atoms with van der Waals surface area (Å²) in [5.74, 6) is 0. The highest BCUT2D eigenvalue weighted by Gasteiger charge is 2.24. The van der Waals surface area contributed by atoms with Crippen LogP contribution in [0.5, 0.6) is 0 Å². The van der Waals surface area contributed by atoms with Crippen molar-refractivity contribution in [1.29, 1.82) is 0 Å². The Hall–Kier alpha value is 0.110. The molecule has 4 nitrogen and oxygen atoms in total. The Balaban J connectivity index is 4.08. The van der Waals surface area contributed by atoms with Gasteiger partial charge < -0.3 is 13.5 Å². The third kappa shape index (κ3) is 6.64. The summed E-state index contributed by atoms with van der Waals surface area (Å²) in [5, 5.41) is 0. The van der Waals surface area contributed by atoms with Gasteiger partial charge >= 0.3 is 7.60 Å². The molecular formula is C11H27NO3P+. The monoisotopic (exact) mass is 252 g/mol. The molecule has 0 heterocycles. The molecular weight excluding hydrogens is 225 g/mol. The summed E-state index contributed by atoms with van der Waals surface area (Å²) in [6.45, 7) is 8.82. The molecule has 0 spiro atoms. The van der Waals surface area contributed by atoms with Gasteiger partial charge in [0.2, 0.25) is 0 Å². The van der Waals surface area contributed by atoms with Gasteiger partial charge in [-0.15, -0.1) is 0 Å². The van der Waals surface area contributed by atoms with E-state index in [1.165, 1.54) is 0 Å². The van der Waals surface area contributed by atoms with Crippen LogP contribution in [0.4, 0.5) is 0 Å². The van der Waals surface area contributed by atoms with E-state index in [0.717, 1.165) is 24.0 Å². The van der Waals surface area contributed by atoms with Crippen molar-refractivity contribution in [2.75, 3.05) is 46.6 Å². The third-order valence-corrected chi connectivity index (χ3v) is 4.87. The van der Waals surface area contributed by atoms with Crippen LogP contribution < -0.4 is 0 Å². The van der Waals surface area contributed by atoms with Gasteiger partial charge in [0, 0.05) is 6.42 Å². The average molecular weight is 252 g/mol. The highest BCUT2D eigenvalue weighted by Crippen LogP contribution is 2.48. The molecule has 0 aliphatic carbocycles. The number of nitrogens with zero attached hydrogens (tertiary/aromatic N) is 1. The van der Waals surface area contributed by atoms with Crippen LogP contribution in [0.15, 0.2) is 0 Å². The molecule has 98 valence electrons. The van der Waals surface area contributed by atoms with Gasteiger partial charge in [0.05, 0.1) is 46.6 Å². The maximum absolute atomic E-state index is 12.1. The van der Waals surface area contributed by atoms with Crippen molar-refractivity contribution in [2.24, 2.45) is 0 Å². The van der Waals surface area contributed by atoms with Crippen molar-refractivity contribution in [1.82, 2.24) is 0 Å². The first-order valence-electron chi connectivity index (χ1n) is 6.09.